The fourth-order valence-corrected chi connectivity index (χ4v) is 4.36. The summed E-state index contributed by atoms with van der Waals surface area (Å²) in [6.07, 6.45) is 2.42. The predicted octanol–water partition coefficient (Wildman–Crippen LogP) is 3.92. The molecule has 0 bridgehead atoms. The average Bonchev–Trinajstić information content (AvgIpc) is 2.75. The highest BCUT2D eigenvalue weighted by atomic mass is 15.4. The van der Waals surface area contributed by atoms with E-state index < -0.39 is 0 Å². The van der Waals surface area contributed by atoms with Crippen LogP contribution in [-0.2, 0) is 6.54 Å². The maximum atomic E-state index is 4.91. The monoisotopic (exact) mass is 313 g/mol. The molecule has 2 saturated heterocycles. The maximum absolute atomic E-state index is 4.91. The Balaban J connectivity index is 1.76. The molecule has 2 aliphatic rings. The van der Waals surface area contributed by atoms with Crippen molar-refractivity contribution >= 4 is 0 Å². The van der Waals surface area contributed by atoms with Crippen molar-refractivity contribution in [2.24, 2.45) is 0 Å². The molecule has 0 saturated carbocycles. The third-order valence-corrected chi connectivity index (χ3v) is 6.15. The number of aromatic nitrogens is 1. The van der Waals surface area contributed by atoms with Gasteiger partial charge in [-0.3, -0.25) is 9.88 Å². The Hall–Kier alpha value is -1.35. The molecular formula is C20H31N3. The van der Waals surface area contributed by atoms with Crippen molar-refractivity contribution in [3.63, 3.8) is 0 Å². The molecule has 0 atom stereocenters. The van der Waals surface area contributed by atoms with Gasteiger partial charge in [-0.15, -0.1) is 0 Å². The number of pyridine rings is 1. The zero-order valence-electron chi connectivity index (χ0n) is 15.7. The zero-order valence-corrected chi connectivity index (χ0v) is 15.7. The highest BCUT2D eigenvalue weighted by molar-refractivity contribution is 5.40. The molecular weight excluding hydrogens is 282 g/mol. The minimum atomic E-state index is 0.360. The molecule has 3 heteroatoms. The van der Waals surface area contributed by atoms with Crippen LogP contribution in [0, 0.1) is 20.8 Å². The molecule has 3 nitrogen and oxygen atoms in total. The van der Waals surface area contributed by atoms with Crippen LogP contribution in [0.2, 0.25) is 0 Å². The first-order valence-electron chi connectivity index (χ1n) is 8.86. The van der Waals surface area contributed by atoms with E-state index in [4.69, 9.17) is 4.98 Å². The lowest BCUT2D eigenvalue weighted by Crippen LogP contribution is -2.66. The summed E-state index contributed by atoms with van der Waals surface area (Å²) < 4.78 is 0. The number of likely N-dealkylation sites (N-methyl/N-ethyl adjacent to an activating group) is 1. The molecule has 3 heterocycles. The second kappa shape index (κ2) is 5.62. The van der Waals surface area contributed by atoms with E-state index >= 15 is 0 Å². The van der Waals surface area contributed by atoms with Gasteiger partial charge in [0, 0.05) is 43.8 Å². The summed E-state index contributed by atoms with van der Waals surface area (Å²) in [5.74, 6) is 0.492. The van der Waals surface area contributed by atoms with Crippen LogP contribution in [0.15, 0.2) is 12.3 Å². The van der Waals surface area contributed by atoms with E-state index in [1.807, 2.05) is 0 Å². The molecule has 2 fully saturated rings. The molecule has 1 spiro atoms. The van der Waals surface area contributed by atoms with Gasteiger partial charge in [-0.2, -0.15) is 0 Å². The van der Waals surface area contributed by atoms with Crippen LogP contribution in [0.25, 0.3) is 0 Å². The van der Waals surface area contributed by atoms with E-state index in [1.54, 1.807) is 0 Å². The van der Waals surface area contributed by atoms with Gasteiger partial charge < -0.3 is 4.90 Å². The van der Waals surface area contributed by atoms with Gasteiger partial charge in [-0.1, -0.05) is 20.4 Å². The molecule has 0 aliphatic carbocycles. The van der Waals surface area contributed by atoms with Gasteiger partial charge in [-0.25, -0.2) is 0 Å². The Labute approximate surface area is 141 Å². The Kier molecular flexibility index (Phi) is 4.04. The first-order chi connectivity index (χ1) is 10.7. The van der Waals surface area contributed by atoms with Crippen molar-refractivity contribution in [2.45, 2.75) is 65.5 Å². The lowest BCUT2D eigenvalue weighted by molar-refractivity contribution is -0.0133. The Morgan fingerprint density at radius 1 is 1.17 bits per heavy atom. The number of hydrogen-bond acceptors (Lipinski definition) is 3. The largest absolute Gasteiger partial charge is 0.370 e. The fourth-order valence-electron chi connectivity index (χ4n) is 4.36. The Morgan fingerprint density at radius 3 is 2.35 bits per heavy atom. The SMILES string of the molecule is C=C1CCC2(CN(Cc3c(C)nc(C(C)C)c(C)c3C)C2)N1C. The van der Waals surface area contributed by atoms with Crippen molar-refractivity contribution in [1.82, 2.24) is 14.8 Å². The van der Waals surface area contributed by atoms with Gasteiger partial charge in [0.15, 0.2) is 0 Å². The van der Waals surface area contributed by atoms with Crippen LogP contribution in [0.1, 0.15) is 60.7 Å². The summed E-state index contributed by atoms with van der Waals surface area (Å²) >= 11 is 0. The van der Waals surface area contributed by atoms with Crippen LogP contribution >= 0.6 is 0 Å². The quantitative estimate of drug-likeness (QED) is 0.843. The van der Waals surface area contributed by atoms with Crippen LogP contribution < -0.4 is 0 Å². The molecule has 3 rings (SSSR count). The highest BCUT2D eigenvalue weighted by Gasteiger charge is 2.49. The average molecular weight is 313 g/mol. The number of likely N-dealkylation sites (tertiary alicyclic amines) is 2. The van der Waals surface area contributed by atoms with E-state index in [-0.39, 0.29) is 0 Å². The van der Waals surface area contributed by atoms with Gasteiger partial charge in [0.2, 0.25) is 0 Å². The molecule has 1 aromatic rings. The standard InChI is InChI=1S/C20H31N3/c1-13(2)19-16(5)15(4)18(17(6)21-19)10-23-11-20(12-23)9-8-14(3)22(20)7/h13H,3,8-12H2,1-2,4-7H3. The maximum Gasteiger partial charge on any atom is 0.0652 e. The minimum Gasteiger partial charge on any atom is -0.370 e. The predicted molar refractivity (Wildman–Crippen MR) is 96.7 cm³/mol. The first kappa shape index (κ1) is 16.5. The topological polar surface area (TPSA) is 19.4 Å². The summed E-state index contributed by atoms with van der Waals surface area (Å²) in [5, 5.41) is 0. The number of rotatable bonds is 3. The molecule has 0 amide bonds. The molecule has 0 unspecified atom stereocenters. The van der Waals surface area contributed by atoms with Gasteiger partial charge in [-0.05, 0) is 56.2 Å². The Bertz CT molecular complexity index is 639. The third kappa shape index (κ3) is 2.59. The Morgan fingerprint density at radius 2 is 1.83 bits per heavy atom. The fraction of sp³-hybridized carbons (Fsp3) is 0.650. The second-order valence-electron chi connectivity index (χ2n) is 7.96. The lowest BCUT2D eigenvalue weighted by Gasteiger charge is -2.53. The van der Waals surface area contributed by atoms with Crippen LogP contribution in [0.4, 0.5) is 0 Å². The van der Waals surface area contributed by atoms with Crippen molar-refractivity contribution in [2.75, 3.05) is 20.1 Å². The molecule has 0 N–H and O–H groups in total. The number of allylic oxidation sites excluding steroid dienone is 1. The number of aryl methyl sites for hydroxylation is 1. The van der Waals surface area contributed by atoms with Gasteiger partial charge in [0.05, 0.1) is 5.54 Å². The van der Waals surface area contributed by atoms with E-state index in [9.17, 15) is 0 Å². The molecule has 0 radical (unpaired) electrons. The number of nitrogens with zero attached hydrogens (tertiary/aromatic N) is 3. The van der Waals surface area contributed by atoms with Crippen molar-refractivity contribution < 1.29 is 0 Å². The van der Waals surface area contributed by atoms with Crippen molar-refractivity contribution in [3.8, 4) is 0 Å². The van der Waals surface area contributed by atoms with Gasteiger partial charge in [0.1, 0.15) is 0 Å². The summed E-state index contributed by atoms with van der Waals surface area (Å²) in [5.41, 5.74) is 8.38. The van der Waals surface area contributed by atoms with Gasteiger partial charge >= 0.3 is 0 Å². The molecule has 23 heavy (non-hydrogen) atoms. The molecule has 1 aromatic heterocycles. The summed E-state index contributed by atoms with van der Waals surface area (Å²) in [6.45, 7) is 18.7. The van der Waals surface area contributed by atoms with E-state index in [0.29, 0.717) is 11.5 Å². The summed E-state index contributed by atoms with van der Waals surface area (Å²) in [4.78, 5) is 9.90. The lowest BCUT2D eigenvalue weighted by atomic mass is 9.86. The molecule has 2 aliphatic heterocycles. The van der Waals surface area contributed by atoms with E-state index in [2.05, 4.69) is 58.0 Å². The van der Waals surface area contributed by atoms with E-state index in [0.717, 1.165) is 26.1 Å². The van der Waals surface area contributed by atoms with Crippen molar-refractivity contribution in [3.05, 3.63) is 40.4 Å². The van der Waals surface area contributed by atoms with E-state index in [1.165, 1.54) is 40.2 Å². The highest BCUT2D eigenvalue weighted by Crippen LogP contribution is 2.41. The van der Waals surface area contributed by atoms with Crippen LogP contribution in [0.3, 0.4) is 0 Å². The third-order valence-electron chi connectivity index (χ3n) is 6.15. The van der Waals surface area contributed by atoms with Crippen molar-refractivity contribution in [1.29, 1.82) is 0 Å². The minimum absolute atomic E-state index is 0.360. The zero-order chi connectivity index (χ0) is 16.9. The first-order valence-corrected chi connectivity index (χ1v) is 8.86. The number of hydrogen-bond donors (Lipinski definition) is 0. The van der Waals surface area contributed by atoms with Gasteiger partial charge in [0.25, 0.3) is 0 Å². The second-order valence-corrected chi connectivity index (χ2v) is 7.96. The van der Waals surface area contributed by atoms with Crippen LogP contribution in [-0.4, -0.2) is 40.5 Å². The summed E-state index contributed by atoms with van der Waals surface area (Å²) in [6, 6.07) is 0. The molecule has 126 valence electrons. The summed E-state index contributed by atoms with van der Waals surface area (Å²) in [7, 11) is 2.21. The smallest absolute Gasteiger partial charge is 0.0652 e. The van der Waals surface area contributed by atoms with Crippen LogP contribution in [0.5, 0.6) is 0 Å². The normalized spacial score (nSPS) is 20.7. The molecule has 0 aromatic carbocycles.